The summed E-state index contributed by atoms with van der Waals surface area (Å²) in [6.07, 6.45) is 7.74. The summed E-state index contributed by atoms with van der Waals surface area (Å²) in [5.74, 6) is 0.111. The highest BCUT2D eigenvalue weighted by atomic mass is 16.5. The Morgan fingerprint density at radius 1 is 1.05 bits per heavy atom. The van der Waals surface area contributed by atoms with Gasteiger partial charge in [0.1, 0.15) is 5.84 Å². The Labute approximate surface area is 116 Å². The Balaban J connectivity index is 2.07. The third kappa shape index (κ3) is 6.97. The zero-order chi connectivity index (χ0) is 13.9. The van der Waals surface area contributed by atoms with Crippen molar-refractivity contribution < 1.29 is 4.74 Å². The van der Waals surface area contributed by atoms with E-state index in [1.165, 1.54) is 32.1 Å². The van der Waals surface area contributed by atoms with Crippen LogP contribution >= 0.6 is 0 Å². The van der Waals surface area contributed by atoms with Crippen molar-refractivity contribution in [2.75, 3.05) is 6.61 Å². The highest BCUT2D eigenvalue weighted by molar-refractivity contribution is 5.94. The zero-order valence-electron chi connectivity index (χ0n) is 12.0. The van der Waals surface area contributed by atoms with Crippen LogP contribution in [0.1, 0.15) is 56.6 Å². The molecule has 0 atom stereocenters. The van der Waals surface area contributed by atoms with Gasteiger partial charge in [-0.2, -0.15) is 0 Å². The highest BCUT2D eigenvalue weighted by Gasteiger charge is 1.97. The fourth-order valence-electron chi connectivity index (χ4n) is 1.96. The third-order valence-corrected chi connectivity index (χ3v) is 3.18. The number of unbranched alkanes of at least 4 members (excludes halogenated alkanes) is 5. The minimum atomic E-state index is 0.111. The Hall–Kier alpha value is -1.35. The fourth-order valence-corrected chi connectivity index (χ4v) is 1.96. The molecule has 1 aromatic carbocycles. The molecule has 0 spiro atoms. The van der Waals surface area contributed by atoms with E-state index in [0.29, 0.717) is 6.61 Å². The standard InChI is InChI=1S/C16H26N2O/c1-2-3-4-5-6-7-12-19-13-14-8-10-15(11-9-14)16(17)18/h8-11H,2-7,12-13H2,1H3,(H3,17,18). The largest absolute Gasteiger partial charge is 0.384 e. The number of nitrogens with two attached hydrogens (primary N) is 1. The molecule has 3 nitrogen and oxygen atoms in total. The second-order valence-corrected chi connectivity index (χ2v) is 4.93. The van der Waals surface area contributed by atoms with E-state index in [4.69, 9.17) is 15.9 Å². The summed E-state index contributed by atoms with van der Waals surface area (Å²) in [4.78, 5) is 0. The van der Waals surface area contributed by atoms with E-state index in [0.717, 1.165) is 24.2 Å². The molecular formula is C16H26N2O. The van der Waals surface area contributed by atoms with Gasteiger partial charge >= 0.3 is 0 Å². The minimum absolute atomic E-state index is 0.111. The van der Waals surface area contributed by atoms with Crippen LogP contribution in [0.3, 0.4) is 0 Å². The quantitative estimate of drug-likeness (QED) is 0.382. The van der Waals surface area contributed by atoms with Gasteiger partial charge < -0.3 is 10.5 Å². The lowest BCUT2D eigenvalue weighted by Crippen LogP contribution is -2.10. The maximum Gasteiger partial charge on any atom is 0.122 e. The van der Waals surface area contributed by atoms with Gasteiger partial charge in [0, 0.05) is 12.2 Å². The molecule has 0 saturated heterocycles. The molecule has 0 aliphatic heterocycles. The average Bonchev–Trinajstić information content (AvgIpc) is 2.42. The second-order valence-electron chi connectivity index (χ2n) is 4.93. The van der Waals surface area contributed by atoms with Gasteiger partial charge in [-0.3, -0.25) is 5.41 Å². The van der Waals surface area contributed by atoms with Crippen LogP contribution in [0.5, 0.6) is 0 Å². The summed E-state index contributed by atoms with van der Waals surface area (Å²) in [7, 11) is 0. The van der Waals surface area contributed by atoms with Crippen molar-refractivity contribution in [1.82, 2.24) is 0 Å². The molecule has 0 bridgehead atoms. The van der Waals surface area contributed by atoms with Gasteiger partial charge in [0.25, 0.3) is 0 Å². The van der Waals surface area contributed by atoms with Crippen molar-refractivity contribution >= 4 is 5.84 Å². The number of amidine groups is 1. The molecule has 0 fully saturated rings. The lowest BCUT2D eigenvalue weighted by atomic mass is 10.1. The Morgan fingerprint density at radius 3 is 2.32 bits per heavy atom. The maximum atomic E-state index is 7.31. The van der Waals surface area contributed by atoms with Crippen LogP contribution in [0.25, 0.3) is 0 Å². The van der Waals surface area contributed by atoms with E-state index in [2.05, 4.69) is 6.92 Å². The molecule has 0 radical (unpaired) electrons. The van der Waals surface area contributed by atoms with Gasteiger partial charge in [0.15, 0.2) is 0 Å². The highest BCUT2D eigenvalue weighted by Crippen LogP contribution is 2.07. The first-order chi connectivity index (χ1) is 9.24. The zero-order valence-corrected chi connectivity index (χ0v) is 12.0. The summed E-state index contributed by atoms with van der Waals surface area (Å²) in [5.41, 5.74) is 7.30. The predicted molar refractivity (Wildman–Crippen MR) is 80.5 cm³/mol. The smallest absolute Gasteiger partial charge is 0.122 e. The number of hydrogen-bond donors (Lipinski definition) is 2. The van der Waals surface area contributed by atoms with Crippen LogP contribution in [-0.2, 0) is 11.3 Å². The van der Waals surface area contributed by atoms with E-state index in [1.807, 2.05) is 24.3 Å². The molecular weight excluding hydrogens is 236 g/mol. The van der Waals surface area contributed by atoms with Gasteiger partial charge in [-0.15, -0.1) is 0 Å². The maximum absolute atomic E-state index is 7.31. The average molecular weight is 262 g/mol. The Kier molecular flexibility index (Phi) is 7.91. The number of hydrogen-bond acceptors (Lipinski definition) is 2. The Bertz CT molecular complexity index is 360. The first-order valence-corrected chi connectivity index (χ1v) is 7.25. The fraction of sp³-hybridized carbons (Fsp3) is 0.562. The summed E-state index contributed by atoms with van der Waals surface area (Å²) < 4.78 is 5.64. The number of benzene rings is 1. The summed E-state index contributed by atoms with van der Waals surface area (Å²) >= 11 is 0. The van der Waals surface area contributed by atoms with Gasteiger partial charge in [-0.1, -0.05) is 63.3 Å². The van der Waals surface area contributed by atoms with E-state index in [9.17, 15) is 0 Å². The first-order valence-electron chi connectivity index (χ1n) is 7.25. The van der Waals surface area contributed by atoms with Crippen LogP contribution < -0.4 is 5.73 Å². The van der Waals surface area contributed by atoms with Crippen LogP contribution in [-0.4, -0.2) is 12.4 Å². The van der Waals surface area contributed by atoms with E-state index >= 15 is 0 Å². The molecule has 1 aromatic rings. The molecule has 19 heavy (non-hydrogen) atoms. The summed E-state index contributed by atoms with van der Waals surface area (Å²) in [6.45, 7) is 3.72. The Morgan fingerprint density at radius 2 is 1.68 bits per heavy atom. The van der Waals surface area contributed by atoms with Crippen LogP contribution in [0.15, 0.2) is 24.3 Å². The molecule has 0 amide bonds. The topological polar surface area (TPSA) is 59.1 Å². The normalized spacial score (nSPS) is 10.6. The van der Waals surface area contributed by atoms with Crippen LogP contribution in [0.2, 0.25) is 0 Å². The molecule has 3 heteroatoms. The SMILES string of the molecule is CCCCCCCCOCc1ccc(C(=N)N)cc1. The van der Waals surface area contributed by atoms with Gasteiger partial charge in [0.05, 0.1) is 6.61 Å². The number of ether oxygens (including phenoxy) is 1. The van der Waals surface area contributed by atoms with Crippen molar-refractivity contribution in [3.63, 3.8) is 0 Å². The number of rotatable bonds is 10. The minimum Gasteiger partial charge on any atom is -0.384 e. The van der Waals surface area contributed by atoms with Crippen molar-refractivity contribution in [1.29, 1.82) is 5.41 Å². The summed E-state index contributed by atoms with van der Waals surface area (Å²) in [5, 5.41) is 7.31. The van der Waals surface area contributed by atoms with Crippen molar-refractivity contribution in [2.24, 2.45) is 5.73 Å². The number of nitrogens with one attached hydrogen (secondary N) is 1. The molecule has 0 unspecified atom stereocenters. The van der Waals surface area contributed by atoms with Gasteiger partial charge in [0.2, 0.25) is 0 Å². The molecule has 1 rings (SSSR count). The van der Waals surface area contributed by atoms with E-state index in [1.54, 1.807) is 0 Å². The van der Waals surface area contributed by atoms with Crippen molar-refractivity contribution in [2.45, 2.75) is 52.1 Å². The molecule has 0 saturated carbocycles. The lowest BCUT2D eigenvalue weighted by molar-refractivity contribution is 0.116. The predicted octanol–water partition coefficient (Wildman–Crippen LogP) is 3.85. The van der Waals surface area contributed by atoms with Crippen molar-refractivity contribution in [3.8, 4) is 0 Å². The molecule has 3 N–H and O–H groups in total. The lowest BCUT2D eigenvalue weighted by Gasteiger charge is -2.05. The molecule has 0 heterocycles. The molecule has 106 valence electrons. The van der Waals surface area contributed by atoms with E-state index in [-0.39, 0.29) is 5.84 Å². The van der Waals surface area contributed by atoms with Gasteiger partial charge in [-0.05, 0) is 12.0 Å². The van der Waals surface area contributed by atoms with Gasteiger partial charge in [-0.25, -0.2) is 0 Å². The molecule has 0 aromatic heterocycles. The summed E-state index contributed by atoms with van der Waals surface area (Å²) in [6, 6.07) is 7.67. The monoisotopic (exact) mass is 262 g/mol. The van der Waals surface area contributed by atoms with Crippen LogP contribution in [0, 0.1) is 5.41 Å². The molecule has 0 aliphatic carbocycles. The van der Waals surface area contributed by atoms with Crippen molar-refractivity contribution in [3.05, 3.63) is 35.4 Å². The van der Waals surface area contributed by atoms with Crippen LogP contribution in [0.4, 0.5) is 0 Å². The third-order valence-electron chi connectivity index (χ3n) is 3.18. The van der Waals surface area contributed by atoms with E-state index < -0.39 is 0 Å². The number of nitrogen functional groups attached to an aromatic ring is 1. The first kappa shape index (κ1) is 15.7. The second kappa shape index (κ2) is 9.56. The molecule has 0 aliphatic rings.